The highest BCUT2D eigenvalue weighted by atomic mass is 35.5. The highest BCUT2D eigenvalue weighted by Gasteiger charge is 1.91. The molecule has 0 aromatic carbocycles. The van der Waals surface area contributed by atoms with Crippen molar-refractivity contribution in [2.24, 2.45) is 9.98 Å². The molecule has 0 N–H and O–H groups in total. The Hall–Kier alpha value is -0.630. The van der Waals surface area contributed by atoms with Crippen LogP contribution >= 0.6 is 11.6 Å². The molecule has 0 aliphatic carbocycles. The topological polar surface area (TPSA) is 24.7 Å². The van der Waals surface area contributed by atoms with Gasteiger partial charge in [0.2, 0.25) is 0 Å². The van der Waals surface area contributed by atoms with Crippen molar-refractivity contribution in [2.45, 2.75) is 13.8 Å². The van der Waals surface area contributed by atoms with Gasteiger partial charge in [0.1, 0.15) is 6.34 Å². The second-order valence-corrected chi connectivity index (χ2v) is 2.13. The predicted molar refractivity (Wildman–Crippen MR) is 47.1 cm³/mol. The Morgan fingerprint density at radius 2 is 2.10 bits per heavy atom. The fourth-order valence-electron chi connectivity index (χ4n) is 0.415. The van der Waals surface area contributed by atoms with Gasteiger partial charge < -0.3 is 0 Å². The lowest BCUT2D eigenvalue weighted by atomic mass is 10.4. The number of halogens is 1. The van der Waals surface area contributed by atoms with Gasteiger partial charge in [-0.15, -0.1) is 0 Å². The van der Waals surface area contributed by atoms with E-state index in [0.29, 0.717) is 5.03 Å². The SMILES string of the molecule is C/C=C(\Cl)C(C)=NC=NC. The maximum atomic E-state index is 5.72. The summed E-state index contributed by atoms with van der Waals surface area (Å²) in [6, 6.07) is 0. The van der Waals surface area contributed by atoms with Crippen molar-refractivity contribution in [3.63, 3.8) is 0 Å². The third-order valence-corrected chi connectivity index (χ3v) is 1.46. The molecule has 0 unspecified atom stereocenters. The molecule has 10 heavy (non-hydrogen) atoms. The number of hydrogen-bond donors (Lipinski definition) is 0. The normalized spacial score (nSPS) is 14.8. The van der Waals surface area contributed by atoms with Crippen LogP contribution < -0.4 is 0 Å². The summed E-state index contributed by atoms with van der Waals surface area (Å²) in [7, 11) is 1.67. The Balaban J connectivity index is 4.19. The lowest BCUT2D eigenvalue weighted by Gasteiger charge is -1.91. The molecule has 0 aromatic rings. The van der Waals surface area contributed by atoms with Gasteiger partial charge in [0.15, 0.2) is 0 Å². The van der Waals surface area contributed by atoms with Gasteiger partial charge in [0.25, 0.3) is 0 Å². The molecule has 3 heteroatoms. The monoisotopic (exact) mass is 158 g/mol. The van der Waals surface area contributed by atoms with Crippen LogP contribution in [0.15, 0.2) is 21.1 Å². The van der Waals surface area contributed by atoms with Crippen molar-refractivity contribution < 1.29 is 0 Å². The Bertz CT molecular complexity index is 180. The fraction of sp³-hybridized carbons (Fsp3) is 0.429. The zero-order chi connectivity index (χ0) is 7.98. The van der Waals surface area contributed by atoms with Gasteiger partial charge in [-0.3, -0.25) is 4.99 Å². The van der Waals surface area contributed by atoms with E-state index in [9.17, 15) is 0 Å². The van der Waals surface area contributed by atoms with Crippen molar-refractivity contribution in [3.05, 3.63) is 11.1 Å². The highest BCUT2D eigenvalue weighted by molar-refractivity contribution is 6.43. The molecule has 0 amide bonds. The summed E-state index contributed by atoms with van der Waals surface area (Å²) in [5.74, 6) is 0. The summed E-state index contributed by atoms with van der Waals surface area (Å²) in [5.41, 5.74) is 0.787. The summed E-state index contributed by atoms with van der Waals surface area (Å²) in [6.07, 6.45) is 3.27. The molecule has 0 saturated carbocycles. The number of rotatable bonds is 2. The summed E-state index contributed by atoms with van der Waals surface area (Å²) in [6.45, 7) is 3.70. The molecule has 0 saturated heterocycles. The van der Waals surface area contributed by atoms with Crippen molar-refractivity contribution in [2.75, 3.05) is 7.05 Å². The standard InChI is InChI=1S/C7H11ClN2/c1-4-7(8)6(2)10-5-9-3/h4-5H,1-3H3/b7-4-,9-5?,10-6?. The largest absolute Gasteiger partial charge is 0.277 e. The lowest BCUT2D eigenvalue weighted by molar-refractivity contribution is 1.44. The second-order valence-electron chi connectivity index (χ2n) is 1.72. The Kier molecular flexibility index (Phi) is 4.85. The number of hydrogen-bond acceptors (Lipinski definition) is 1. The first-order valence-corrected chi connectivity index (χ1v) is 3.37. The minimum Gasteiger partial charge on any atom is -0.277 e. The first kappa shape index (κ1) is 9.37. The van der Waals surface area contributed by atoms with Gasteiger partial charge in [-0.25, -0.2) is 4.99 Å². The van der Waals surface area contributed by atoms with Crippen molar-refractivity contribution >= 4 is 23.7 Å². The van der Waals surface area contributed by atoms with Crippen LogP contribution in [0.25, 0.3) is 0 Å². The van der Waals surface area contributed by atoms with Crippen LogP contribution in [0.2, 0.25) is 0 Å². The Morgan fingerprint density at radius 1 is 1.50 bits per heavy atom. The van der Waals surface area contributed by atoms with Gasteiger partial charge >= 0.3 is 0 Å². The third-order valence-electron chi connectivity index (χ3n) is 0.966. The van der Waals surface area contributed by atoms with Gasteiger partial charge in [-0.2, -0.15) is 0 Å². The lowest BCUT2D eigenvalue weighted by Crippen LogP contribution is -1.90. The molecule has 0 atom stereocenters. The first-order valence-electron chi connectivity index (χ1n) is 2.99. The van der Waals surface area contributed by atoms with Gasteiger partial charge in [-0.1, -0.05) is 17.7 Å². The van der Waals surface area contributed by atoms with E-state index in [-0.39, 0.29) is 0 Å². The predicted octanol–water partition coefficient (Wildman–Crippen LogP) is 2.25. The summed E-state index contributed by atoms with van der Waals surface area (Å²) in [5, 5.41) is 0.667. The van der Waals surface area contributed by atoms with Crippen LogP contribution in [0.1, 0.15) is 13.8 Å². The molecule has 0 fully saturated rings. The van der Waals surface area contributed by atoms with Crippen LogP contribution in [-0.2, 0) is 0 Å². The fourth-order valence-corrected chi connectivity index (χ4v) is 0.464. The molecule has 56 valence electrons. The molecule has 0 spiro atoms. The zero-order valence-electron chi connectivity index (χ0n) is 6.43. The van der Waals surface area contributed by atoms with E-state index in [1.807, 2.05) is 13.8 Å². The number of allylic oxidation sites excluding steroid dienone is 2. The van der Waals surface area contributed by atoms with Gasteiger partial charge in [0.05, 0.1) is 10.7 Å². The zero-order valence-corrected chi connectivity index (χ0v) is 7.18. The molecule has 0 bridgehead atoms. The number of nitrogens with zero attached hydrogens (tertiary/aromatic N) is 2. The smallest absolute Gasteiger partial charge is 0.109 e. The van der Waals surface area contributed by atoms with E-state index in [0.717, 1.165) is 5.71 Å². The quantitative estimate of drug-likeness (QED) is 0.435. The van der Waals surface area contributed by atoms with E-state index in [1.165, 1.54) is 6.34 Å². The van der Waals surface area contributed by atoms with Crippen molar-refractivity contribution in [1.82, 2.24) is 0 Å². The van der Waals surface area contributed by atoms with Crippen LogP contribution in [0, 0.1) is 0 Å². The van der Waals surface area contributed by atoms with Crippen LogP contribution in [-0.4, -0.2) is 19.1 Å². The van der Waals surface area contributed by atoms with Crippen molar-refractivity contribution in [3.8, 4) is 0 Å². The molecule has 0 heterocycles. The third kappa shape index (κ3) is 3.41. The molecule has 0 aliphatic rings. The highest BCUT2D eigenvalue weighted by Crippen LogP contribution is 2.02. The number of aliphatic imine (C=N–C) groups is 2. The molecule has 0 aromatic heterocycles. The van der Waals surface area contributed by atoms with E-state index in [1.54, 1.807) is 13.1 Å². The van der Waals surface area contributed by atoms with Crippen LogP contribution in [0.5, 0.6) is 0 Å². The van der Waals surface area contributed by atoms with Crippen LogP contribution in [0.3, 0.4) is 0 Å². The average Bonchev–Trinajstić information content (AvgIpc) is 1.98. The molecular formula is C7H11ClN2. The molecule has 0 aliphatic heterocycles. The molecular weight excluding hydrogens is 148 g/mol. The van der Waals surface area contributed by atoms with Gasteiger partial charge in [-0.05, 0) is 13.8 Å². The first-order chi connectivity index (χ1) is 4.72. The molecule has 0 rings (SSSR count). The minimum atomic E-state index is 0.667. The van der Waals surface area contributed by atoms with E-state index >= 15 is 0 Å². The maximum absolute atomic E-state index is 5.72. The molecule has 0 radical (unpaired) electrons. The maximum Gasteiger partial charge on any atom is 0.109 e. The van der Waals surface area contributed by atoms with E-state index < -0.39 is 0 Å². The summed E-state index contributed by atoms with van der Waals surface area (Å²) in [4.78, 5) is 7.63. The Morgan fingerprint density at radius 3 is 2.50 bits per heavy atom. The van der Waals surface area contributed by atoms with E-state index in [2.05, 4.69) is 9.98 Å². The van der Waals surface area contributed by atoms with E-state index in [4.69, 9.17) is 11.6 Å². The summed E-state index contributed by atoms with van der Waals surface area (Å²) < 4.78 is 0. The Labute approximate surface area is 66.3 Å². The van der Waals surface area contributed by atoms with Crippen molar-refractivity contribution in [1.29, 1.82) is 0 Å². The minimum absolute atomic E-state index is 0.667. The van der Waals surface area contributed by atoms with Crippen LogP contribution in [0.4, 0.5) is 0 Å². The summed E-state index contributed by atoms with van der Waals surface area (Å²) >= 11 is 5.72. The average molecular weight is 159 g/mol. The second kappa shape index (κ2) is 5.18. The molecule has 2 nitrogen and oxygen atoms in total. The van der Waals surface area contributed by atoms with Gasteiger partial charge in [0, 0.05) is 7.05 Å².